The molecule has 1 heterocycles. The standard InChI is InChI=1S/C17H12Br2O3/c18-8-14(20)10-1-3-16-12(5-10)7-13-6-11(15(21)9-19)2-4-17(13)22-16/h1-6H,7-9H2. The SMILES string of the molecule is O=C(CBr)c1ccc2c(c1)Cc1cc(C(=O)CBr)ccc1O2. The Labute approximate surface area is 144 Å². The molecule has 0 aromatic heterocycles. The van der Waals surface area contributed by atoms with Crippen molar-refractivity contribution in [3.8, 4) is 11.5 Å². The Morgan fingerprint density at radius 2 is 1.32 bits per heavy atom. The van der Waals surface area contributed by atoms with Crippen LogP contribution in [0.25, 0.3) is 0 Å². The summed E-state index contributed by atoms with van der Waals surface area (Å²) in [5.41, 5.74) is 3.25. The minimum atomic E-state index is 0.0387. The Balaban J connectivity index is 1.96. The molecule has 2 aromatic rings. The molecule has 0 saturated heterocycles. The predicted octanol–water partition coefficient (Wildman–Crippen LogP) is 4.54. The van der Waals surface area contributed by atoms with E-state index >= 15 is 0 Å². The molecule has 2 aromatic carbocycles. The average molecular weight is 424 g/mol. The van der Waals surface area contributed by atoms with Crippen molar-refractivity contribution in [3.05, 3.63) is 58.7 Å². The Morgan fingerprint density at radius 1 is 0.864 bits per heavy atom. The van der Waals surface area contributed by atoms with E-state index in [-0.39, 0.29) is 11.6 Å². The number of ketones is 2. The molecule has 22 heavy (non-hydrogen) atoms. The summed E-state index contributed by atoms with van der Waals surface area (Å²) >= 11 is 6.37. The van der Waals surface area contributed by atoms with Crippen LogP contribution in [-0.2, 0) is 6.42 Å². The van der Waals surface area contributed by atoms with Gasteiger partial charge in [-0.25, -0.2) is 0 Å². The zero-order valence-corrected chi connectivity index (χ0v) is 14.7. The van der Waals surface area contributed by atoms with Crippen LogP contribution in [0.15, 0.2) is 36.4 Å². The van der Waals surface area contributed by atoms with Crippen LogP contribution in [0.2, 0.25) is 0 Å². The summed E-state index contributed by atoms with van der Waals surface area (Å²) in [6.07, 6.45) is 0.650. The second-order valence-electron chi connectivity index (χ2n) is 5.04. The lowest BCUT2D eigenvalue weighted by molar-refractivity contribution is 0.101. The topological polar surface area (TPSA) is 43.4 Å². The van der Waals surface area contributed by atoms with Gasteiger partial charge in [-0.05, 0) is 36.4 Å². The molecule has 0 radical (unpaired) electrons. The Kier molecular flexibility index (Phi) is 4.45. The molecule has 112 valence electrons. The van der Waals surface area contributed by atoms with Crippen LogP contribution < -0.4 is 4.74 Å². The van der Waals surface area contributed by atoms with Gasteiger partial charge < -0.3 is 4.74 Å². The normalized spacial score (nSPS) is 12.1. The molecular formula is C17H12Br2O3. The first-order valence-corrected chi connectivity index (χ1v) is 8.98. The third kappa shape index (κ3) is 2.88. The molecular weight excluding hydrogens is 412 g/mol. The molecule has 0 fully saturated rings. The lowest BCUT2D eigenvalue weighted by Crippen LogP contribution is -2.08. The van der Waals surface area contributed by atoms with Crippen molar-refractivity contribution in [2.45, 2.75) is 6.42 Å². The number of alkyl halides is 2. The van der Waals surface area contributed by atoms with Gasteiger partial charge in [0, 0.05) is 28.7 Å². The highest BCUT2D eigenvalue weighted by atomic mass is 79.9. The number of ether oxygens (including phenoxy) is 1. The van der Waals surface area contributed by atoms with Crippen LogP contribution in [0.1, 0.15) is 31.8 Å². The molecule has 0 saturated carbocycles. The summed E-state index contributed by atoms with van der Waals surface area (Å²) in [6, 6.07) is 10.9. The van der Waals surface area contributed by atoms with E-state index in [0.717, 1.165) is 22.6 Å². The summed E-state index contributed by atoms with van der Waals surface area (Å²) in [7, 11) is 0. The third-order valence-corrected chi connectivity index (χ3v) is 4.63. The first-order chi connectivity index (χ1) is 10.6. The molecule has 5 heteroatoms. The number of rotatable bonds is 4. The third-order valence-electron chi connectivity index (χ3n) is 3.61. The van der Waals surface area contributed by atoms with Gasteiger partial charge in [0.2, 0.25) is 0 Å². The number of hydrogen-bond acceptors (Lipinski definition) is 3. The monoisotopic (exact) mass is 422 g/mol. The van der Waals surface area contributed by atoms with Gasteiger partial charge in [-0.3, -0.25) is 9.59 Å². The van der Waals surface area contributed by atoms with Gasteiger partial charge in [0.25, 0.3) is 0 Å². The van der Waals surface area contributed by atoms with E-state index < -0.39 is 0 Å². The van der Waals surface area contributed by atoms with Gasteiger partial charge in [0.1, 0.15) is 11.5 Å². The fraction of sp³-hybridized carbons (Fsp3) is 0.176. The lowest BCUT2D eigenvalue weighted by atomic mass is 9.96. The molecule has 1 aliphatic heterocycles. The summed E-state index contributed by atoms with van der Waals surface area (Å²) in [4.78, 5) is 23.6. The van der Waals surface area contributed by atoms with Crippen molar-refractivity contribution >= 4 is 43.4 Å². The van der Waals surface area contributed by atoms with Crippen LogP contribution in [0, 0.1) is 0 Å². The van der Waals surface area contributed by atoms with Crippen molar-refractivity contribution in [1.82, 2.24) is 0 Å². The fourth-order valence-corrected chi connectivity index (χ4v) is 3.11. The number of carbonyl (C=O) groups excluding carboxylic acids is 2. The Hall–Kier alpha value is -1.46. The van der Waals surface area contributed by atoms with E-state index in [9.17, 15) is 9.59 Å². The van der Waals surface area contributed by atoms with Gasteiger partial charge in [0.15, 0.2) is 11.6 Å². The first-order valence-electron chi connectivity index (χ1n) is 6.74. The zero-order valence-electron chi connectivity index (χ0n) is 11.6. The van der Waals surface area contributed by atoms with Gasteiger partial charge in [-0.15, -0.1) is 0 Å². The molecule has 1 aliphatic rings. The van der Waals surface area contributed by atoms with Crippen molar-refractivity contribution in [2.24, 2.45) is 0 Å². The minimum absolute atomic E-state index is 0.0387. The molecule has 3 rings (SSSR count). The van der Waals surface area contributed by atoms with E-state index in [1.807, 2.05) is 24.3 Å². The Morgan fingerprint density at radius 3 is 1.73 bits per heavy atom. The van der Waals surface area contributed by atoms with Crippen LogP contribution in [-0.4, -0.2) is 22.2 Å². The highest BCUT2D eigenvalue weighted by Crippen LogP contribution is 2.37. The first kappa shape index (κ1) is 15.4. The number of carbonyl (C=O) groups is 2. The average Bonchev–Trinajstić information content (AvgIpc) is 2.57. The zero-order chi connectivity index (χ0) is 15.7. The molecule has 0 bridgehead atoms. The summed E-state index contributed by atoms with van der Waals surface area (Å²) in [6.45, 7) is 0. The van der Waals surface area contributed by atoms with Gasteiger partial charge in [-0.1, -0.05) is 31.9 Å². The summed E-state index contributed by atoms with van der Waals surface area (Å²) in [5.74, 6) is 1.60. The maximum absolute atomic E-state index is 11.8. The molecule has 0 aliphatic carbocycles. The molecule has 0 amide bonds. The number of halogens is 2. The molecule has 3 nitrogen and oxygen atoms in total. The van der Waals surface area contributed by atoms with Crippen LogP contribution in [0.5, 0.6) is 11.5 Å². The van der Waals surface area contributed by atoms with Crippen LogP contribution >= 0.6 is 31.9 Å². The summed E-state index contributed by atoms with van der Waals surface area (Å²) in [5, 5.41) is 0.597. The van der Waals surface area contributed by atoms with E-state index in [1.54, 1.807) is 12.1 Å². The van der Waals surface area contributed by atoms with Crippen LogP contribution in [0.4, 0.5) is 0 Å². The second kappa shape index (κ2) is 6.34. The largest absolute Gasteiger partial charge is 0.457 e. The summed E-state index contributed by atoms with van der Waals surface area (Å²) < 4.78 is 5.87. The highest BCUT2D eigenvalue weighted by molar-refractivity contribution is 9.09. The highest BCUT2D eigenvalue weighted by Gasteiger charge is 2.19. The second-order valence-corrected chi connectivity index (χ2v) is 6.16. The number of hydrogen-bond donors (Lipinski definition) is 0. The minimum Gasteiger partial charge on any atom is -0.457 e. The number of benzene rings is 2. The number of fused-ring (bicyclic) bond motifs is 2. The molecule has 0 atom stereocenters. The molecule has 0 unspecified atom stereocenters. The quantitative estimate of drug-likeness (QED) is 0.457. The van der Waals surface area contributed by atoms with Gasteiger partial charge in [0.05, 0.1) is 10.7 Å². The van der Waals surface area contributed by atoms with Crippen molar-refractivity contribution in [3.63, 3.8) is 0 Å². The molecule has 0 spiro atoms. The van der Waals surface area contributed by atoms with E-state index in [4.69, 9.17) is 4.74 Å². The van der Waals surface area contributed by atoms with Crippen molar-refractivity contribution in [2.75, 3.05) is 10.7 Å². The maximum atomic E-state index is 11.8. The lowest BCUT2D eigenvalue weighted by Gasteiger charge is -2.21. The van der Waals surface area contributed by atoms with Crippen molar-refractivity contribution in [1.29, 1.82) is 0 Å². The van der Waals surface area contributed by atoms with Gasteiger partial charge in [-0.2, -0.15) is 0 Å². The van der Waals surface area contributed by atoms with Crippen molar-refractivity contribution < 1.29 is 14.3 Å². The van der Waals surface area contributed by atoms with E-state index in [2.05, 4.69) is 31.9 Å². The fourth-order valence-electron chi connectivity index (χ4n) is 2.46. The van der Waals surface area contributed by atoms with E-state index in [0.29, 0.717) is 28.2 Å². The van der Waals surface area contributed by atoms with Gasteiger partial charge >= 0.3 is 0 Å². The van der Waals surface area contributed by atoms with Crippen LogP contribution in [0.3, 0.4) is 0 Å². The predicted molar refractivity (Wildman–Crippen MR) is 92.0 cm³/mol. The Bertz CT molecular complexity index is 705. The number of Topliss-reactive ketones (excluding diaryl/α,β-unsaturated/α-hetero) is 2. The maximum Gasteiger partial charge on any atom is 0.173 e. The van der Waals surface area contributed by atoms with E-state index in [1.165, 1.54) is 0 Å². The molecule has 0 N–H and O–H groups in total. The smallest absolute Gasteiger partial charge is 0.173 e.